The Labute approximate surface area is 119 Å². The van der Waals surface area contributed by atoms with Crippen LogP contribution in [0.2, 0.25) is 0 Å². The monoisotopic (exact) mass is 290 g/mol. The Morgan fingerprint density at radius 2 is 1.89 bits per heavy atom. The standard InChI is InChI=1S/C13H26N2O3S/c1-10(14-19(18)12(2,3)4)13(5)6-8-15(9-7-13)11(16)17/h10,14H,6-9H2,1-5H3,(H,16,17). The van der Waals surface area contributed by atoms with Gasteiger partial charge in [0.2, 0.25) is 0 Å². The minimum absolute atomic E-state index is 0.00708. The molecule has 1 saturated heterocycles. The second-order valence-electron chi connectivity index (χ2n) is 6.64. The first-order valence-corrected chi connectivity index (χ1v) is 7.87. The minimum atomic E-state index is -1.09. The number of hydrogen-bond acceptors (Lipinski definition) is 3. The Bertz CT molecular complexity index is 322. The number of nitrogens with zero attached hydrogens (tertiary/aromatic N) is 1. The van der Waals surface area contributed by atoms with Gasteiger partial charge >= 0.3 is 6.09 Å². The van der Waals surface area contributed by atoms with E-state index in [0.29, 0.717) is 13.1 Å². The highest BCUT2D eigenvalue weighted by Gasteiger charge is 2.40. The lowest BCUT2D eigenvalue weighted by atomic mass is 9.75. The third kappa shape index (κ3) is 4.26. The molecule has 0 aliphatic carbocycles. The number of rotatable bonds is 3. The van der Waals surface area contributed by atoms with Crippen molar-refractivity contribution in [1.82, 2.24) is 9.62 Å². The van der Waals surface area contributed by atoms with Gasteiger partial charge in [0.25, 0.3) is 0 Å². The molecule has 112 valence electrons. The molecule has 0 aromatic rings. The van der Waals surface area contributed by atoms with Crippen LogP contribution in [0.25, 0.3) is 0 Å². The Balaban J connectivity index is 2.57. The summed E-state index contributed by atoms with van der Waals surface area (Å²) in [6.45, 7) is 11.1. The van der Waals surface area contributed by atoms with E-state index in [2.05, 4.69) is 11.6 Å². The van der Waals surface area contributed by atoms with Crippen LogP contribution in [-0.4, -0.2) is 44.5 Å². The summed E-state index contributed by atoms with van der Waals surface area (Å²) in [4.78, 5) is 12.4. The highest BCUT2D eigenvalue weighted by Crippen LogP contribution is 2.35. The topological polar surface area (TPSA) is 75.6 Å². The molecule has 1 heterocycles. The van der Waals surface area contributed by atoms with Gasteiger partial charge in [-0.15, -0.1) is 4.72 Å². The summed E-state index contributed by atoms with van der Waals surface area (Å²) in [5, 5.41) is 8.96. The van der Waals surface area contributed by atoms with Crippen LogP contribution in [0.3, 0.4) is 0 Å². The molecule has 6 heteroatoms. The van der Waals surface area contributed by atoms with Gasteiger partial charge in [-0.05, 0) is 46.0 Å². The first-order valence-electron chi connectivity index (χ1n) is 6.72. The second kappa shape index (κ2) is 5.89. The molecule has 19 heavy (non-hydrogen) atoms. The molecule has 0 aromatic heterocycles. The van der Waals surface area contributed by atoms with Gasteiger partial charge in [-0.2, -0.15) is 0 Å². The maximum Gasteiger partial charge on any atom is 0.407 e. The first-order chi connectivity index (χ1) is 8.56. The van der Waals surface area contributed by atoms with Crippen LogP contribution < -0.4 is 4.72 Å². The van der Waals surface area contributed by atoms with Crippen LogP contribution in [-0.2, 0) is 11.4 Å². The van der Waals surface area contributed by atoms with Gasteiger partial charge in [0.15, 0.2) is 0 Å². The van der Waals surface area contributed by atoms with Crippen molar-refractivity contribution in [1.29, 1.82) is 0 Å². The number of amides is 1. The van der Waals surface area contributed by atoms with E-state index in [4.69, 9.17) is 5.11 Å². The number of carbonyl (C=O) groups is 1. The van der Waals surface area contributed by atoms with Crippen LogP contribution in [0, 0.1) is 5.41 Å². The minimum Gasteiger partial charge on any atom is -0.598 e. The SMILES string of the molecule is CC(N[S+]([O-])C(C)(C)C)C1(C)CCN(C(=O)O)CC1. The van der Waals surface area contributed by atoms with Gasteiger partial charge < -0.3 is 14.6 Å². The quantitative estimate of drug-likeness (QED) is 0.781. The zero-order valence-corrected chi connectivity index (χ0v) is 13.3. The molecular weight excluding hydrogens is 264 g/mol. The Hall–Kier alpha value is -0.460. The van der Waals surface area contributed by atoms with Crippen LogP contribution >= 0.6 is 0 Å². The molecule has 1 fully saturated rings. The van der Waals surface area contributed by atoms with Gasteiger partial charge in [0.1, 0.15) is 4.75 Å². The summed E-state index contributed by atoms with van der Waals surface area (Å²) in [5.41, 5.74) is -0.00708. The second-order valence-corrected chi connectivity index (χ2v) is 8.64. The fourth-order valence-electron chi connectivity index (χ4n) is 2.12. The van der Waals surface area contributed by atoms with Crippen molar-refractivity contribution >= 4 is 17.5 Å². The van der Waals surface area contributed by atoms with Gasteiger partial charge in [0.05, 0.1) is 6.04 Å². The maximum atomic E-state index is 12.1. The summed E-state index contributed by atoms with van der Waals surface area (Å²) in [6.07, 6.45) is 0.754. The van der Waals surface area contributed by atoms with E-state index in [0.717, 1.165) is 12.8 Å². The molecule has 0 radical (unpaired) electrons. The molecule has 2 N–H and O–H groups in total. The Morgan fingerprint density at radius 1 is 1.42 bits per heavy atom. The Kier molecular flexibility index (Phi) is 5.15. The van der Waals surface area contributed by atoms with Crippen molar-refractivity contribution in [3.05, 3.63) is 0 Å². The van der Waals surface area contributed by atoms with Crippen molar-refractivity contribution in [2.75, 3.05) is 13.1 Å². The zero-order chi connectivity index (χ0) is 14.8. The average molecular weight is 290 g/mol. The molecule has 1 aliphatic heterocycles. The van der Waals surface area contributed by atoms with E-state index in [1.807, 2.05) is 27.7 Å². The smallest absolute Gasteiger partial charge is 0.407 e. The highest BCUT2D eigenvalue weighted by atomic mass is 32.2. The summed E-state index contributed by atoms with van der Waals surface area (Å²) in [5.74, 6) is 0. The van der Waals surface area contributed by atoms with Crippen LogP contribution in [0.5, 0.6) is 0 Å². The van der Waals surface area contributed by atoms with E-state index in [1.165, 1.54) is 4.90 Å². The molecule has 1 amide bonds. The van der Waals surface area contributed by atoms with Gasteiger partial charge in [-0.3, -0.25) is 0 Å². The molecule has 0 bridgehead atoms. The molecule has 0 aromatic carbocycles. The fourth-order valence-corrected chi connectivity index (χ4v) is 3.08. The molecule has 0 spiro atoms. The third-order valence-electron chi connectivity index (χ3n) is 4.06. The van der Waals surface area contributed by atoms with E-state index >= 15 is 0 Å². The molecule has 2 atom stereocenters. The Morgan fingerprint density at radius 3 is 2.26 bits per heavy atom. The molecule has 1 aliphatic rings. The van der Waals surface area contributed by atoms with Gasteiger partial charge in [-0.1, -0.05) is 6.92 Å². The van der Waals surface area contributed by atoms with Gasteiger partial charge in [0, 0.05) is 24.5 Å². The van der Waals surface area contributed by atoms with Crippen molar-refractivity contribution < 1.29 is 14.5 Å². The lowest BCUT2D eigenvalue weighted by molar-refractivity contribution is 0.0837. The normalized spacial score (nSPS) is 22.9. The van der Waals surface area contributed by atoms with E-state index in [-0.39, 0.29) is 16.2 Å². The molecule has 2 unspecified atom stereocenters. The third-order valence-corrected chi connectivity index (χ3v) is 5.74. The maximum absolute atomic E-state index is 12.1. The molecule has 0 saturated carbocycles. The lowest BCUT2D eigenvalue weighted by Gasteiger charge is -2.42. The van der Waals surface area contributed by atoms with Gasteiger partial charge in [-0.25, -0.2) is 4.79 Å². The zero-order valence-electron chi connectivity index (χ0n) is 12.5. The first kappa shape index (κ1) is 16.6. The van der Waals surface area contributed by atoms with Crippen LogP contribution in [0.15, 0.2) is 0 Å². The number of hydrogen-bond donors (Lipinski definition) is 2. The predicted molar refractivity (Wildman–Crippen MR) is 77.4 cm³/mol. The molecule has 1 rings (SSSR count). The summed E-state index contributed by atoms with van der Waals surface area (Å²) in [7, 11) is 0. The molecular formula is C13H26N2O3S. The summed E-state index contributed by atoms with van der Waals surface area (Å²) >= 11 is -1.09. The van der Waals surface area contributed by atoms with E-state index in [9.17, 15) is 9.35 Å². The average Bonchev–Trinajstić information content (AvgIpc) is 2.28. The number of likely N-dealkylation sites (tertiary alicyclic amines) is 1. The van der Waals surface area contributed by atoms with Crippen LogP contribution in [0.4, 0.5) is 4.79 Å². The van der Waals surface area contributed by atoms with Crippen LogP contribution in [0.1, 0.15) is 47.5 Å². The van der Waals surface area contributed by atoms with E-state index in [1.54, 1.807) is 0 Å². The lowest BCUT2D eigenvalue weighted by Crippen LogP contribution is -2.53. The number of carboxylic acid groups (broad SMARTS) is 1. The predicted octanol–water partition coefficient (Wildman–Crippen LogP) is 2.21. The number of piperidine rings is 1. The van der Waals surface area contributed by atoms with Crippen molar-refractivity contribution in [2.24, 2.45) is 5.41 Å². The fraction of sp³-hybridized carbons (Fsp3) is 0.923. The van der Waals surface area contributed by atoms with E-state index < -0.39 is 17.5 Å². The summed E-state index contributed by atoms with van der Waals surface area (Å²) in [6, 6.07) is 0.100. The van der Waals surface area contributed by atoms with Crippen molar-refractivity contribution in [3.8, 4) is 0 Å². The van der Waals surface area contributed by atoms with Crippen molar-refractivity contribution in [2.45, 2.75) is 58.2 Å². The largest absolute Gasteiger partial charge is 0.598 e. The molecule has 5 nitrogen and oxygen atoms in total. The highest BCUT2D eigenvalue weighted by molar-refractivity contribution is 7.90. The summed E-state index contributed by atoms with van der Waals surface area (Å²) < 4.78 is 15.0. The van der Waals surface area contributed by atoms with Crippen molar-refractivity contribution in [3.63, 3.8) is 0 Å². The number of nitrogens with one attached hydrogen (secondary N) is 1.